The molecule has 0 saturated carbocycles. The van der Waals surface area contributed by atoms with Crippen LogP contribution >= 0.6 is 0 Å². The van der Waals surface area contributed by atoms with Crippen LogP contribution in [-0.4, -0.2) is 6.61 Å². The van der Waals surface area contributed by atoms with Gasteiger partial charge in [-0.05, 0) is 103 Å². The van der Waals surface area contributed by atoms with Gasteiger partial charge in [0, 0.05) is 11.5 Å². The van der Waals surface area contributed by atoms with Crippen LogP contribution in [0.3, 0.4) is 0 Å². The number of hydrogen-bond acceptors (Lipinski definition) is 3. The van der Waals surface area contributed by atoms with Crippen molar-refractivity contribution < 1.29 is 9.15 Å². The molecular formula is C29H38O3. The van der Waals surface area contributed by atoms with Gasteiger partial charge in [-0.15, -0.1) is 0 Å². The van der Waals surface area contributed by atoms with Crippen LogP contribution in [0.25, 0.3) is 11.0 Å². The maximum Gasteiger partial charge on any atom is 0.336 e. The Morgan fingerprint density at radius 3 is 2.00 bits per heavy atom. The van der Waals surface area contributed by atoms with Crippen LogP contribution in [0.2, 0.25) is 0 Å². The third-order valence-corrected chi connectivity index (χ3v) is 5.43. The molecule has 0 saturated heterocycles. The van der Waals surface area contributed by atoms with Gasteiger partial charge < -0.3 is 9.15 Å². The van der Waals surface area contributed by atoms with Gasteiger partial charge in [-0.2, -0.15) is 0 Å². The van der Waals surface area contributed by atoms with E-state index in [2.05, 4.69) is 58.9 Å². The lowest BCUT2D eigenvalue weighted by molar-refractivity contribution is 0.362. The molecule has 0 radical (unpaired) electrons. The van der Waals surface area contributed by atoms with Crippen molar-refractivity contribution in [2.45, 2.75) is 73.1 Å². The minimum atomic E-state index is -0.337. The number of rotatable bonds is 12. The molecule has 0 unspecified atom stereocenters. The molecule has 0 aliphatic carbocycles. The molecule has 0 amide bonds. The predicted octanol–water partition coefficient (Wildman–Crippen LogP) is 8.32. The SMILES string of the molecule is CC(C)=CCC/C(C)=C/CC/C(C)=C/CC/C(C)=C/COc1ccc2oc(=O)ccc2c1. The van der Waals surface area contributed by atoms with Crippen LogP contribution in [0.5, 0.6) is 5.75 Å². The van der Waals surface area contributed by atoms with E-state index in [-0.39, 0.29) is 5.63 Å². The molecule has 2 aromatic rings. The number of allylic oxidation sites excluding steroid dienone is 7. The van der Waals surface area contributed by atoms with E-state index in [1.54, 1.807) is 12.1 Å². The van der Waals surface area contributed by atoms with Crippen molar-refractivity contribution in [2.24, 2.45) is 0 Å². The quantitative estimate of drug-likeness (QED) is 0.249. The van der Waals surface area contributed by atoms with Gasteiger partial charge >= 0.3 is 5.63 Å². The van der Waals surface area contributed by atoms with Gasteiger partial charge in [0.15, 0.2) is 0 Å². The Hall–Kier alpha value is -2.81. The van der Waals surface area contributed by atoms with E-state index in [0.717, 1.165) is 49.7 Å². The van der Waals surface area contributed by atoms with Crippen LogP contribution in [0, 0.1) is 0 Å². The summed E-state index contributed by atoms with van der Waals surface area (Å²) in [5, 5.41) is 0.862. The third-order valence-electron chi connectivity index (χ3n) is 5.43. The molecule has 3 nitrogen and oxygen atoms in total. The molecule has 0 aliphatic heterocycles. The maximum absolute atomic E-state index is 11.3. The molecule has 0 spiro atoms. The van der Waals surface area contributed by atoms with Gasteiger partial charge in [-0.1, -0.05) is 40.5 Å². The first-order chi connectivity index (χ1) is 15.3. The van der Waals surface area contributed by atoms with E-state index in [4.69, 9.17) is 9.15 Å². The molecule has 172 valence electrons. The minimum absolute atomic E-state index is 0.337. The van der Waals surface area contributed by atoms with E-state index in [1.807, 2.05) is 12.1 Å². The van der Waals surface area contributed by atoms with Crippen molar-refractivity contribution in [2.75, 3.05) is 6.61 Å². The van der Waals surface area contributed by atoms with Gasteiger partial charge in [0.25, 0.3) is 0 Å². The first kappa shape index (κ1) is 25.5. The number of benzene rings is 1. The summed E-state index contributed by atoms with van der Waals surface area (Å²) in [6.45, 7) is 11.5. The first-order valence-electron chi connectivity index (χ1n) is 11.6. The van der Waals surface area contributed by atoms with Crippen LogP contribution < -0.4 is 10.4 Å². The van der Waals surface area contributed by atoms with Crippen molar-refractivity contribution in [1.29, 1.82) is 0 Å². The highest BCUT2D eigenvalue weighted by Gasteiger charge is 2.00. The first-order valence-corrected chi connectivity index (χ1v) is 11.6. The zero-order chi connectivity index (χ0) is 23.3. The molecule has 1 heterocycles. The molecule has 0 N–H and O–H groups in total. The largest absolute Gasteiger partial charge is 0.490 e. The lowest BCUT2D eigenvalue weighted by Crippen LogP contribution is -1.97. The summed E-state index contributed by atoms with van der Waals surface area (Å²) < 4.78 is 11.0. The molecule has 0 atom stereocenters. The molecule has 0 aliphatic rings. The van der Waals surface area contributed by atoms with Gasteiger partial charge in [0.05, 0.1) is 0 Å². The van der Waals surface area contributed by atoms with Gasteiger partial charge in [-0.3, -0.25) is 0 Å². The Morgan fingerprint density at radius 1 is 0.781 bits per heavy atom. The smallest absolute Gasteiger partial charge is 0.336 e. The number of fused-ring (bicyclic) bond motifs is 1. The second-order valence-corrected chi connectivity index (χ2v) is 8.81. The summed E-state index contributed by atoms with van der Waals surface area (Å²) in [6, 6.07) is 8.68. The number of ether oxygens (including phenoxy) is 1. The number of hydrogen-bond donors (Lipinski definition) is 0. The Balaban J connectivity index is 1.69. The summed E-state index contributed by atoms with van der Waals surface area (Å²) in [5.41, 5.74) is 5.92. The summed E-state index contributed by atoms with van der Waals surface area (Å²) in [6.07, 6.45) is 15.9. The highest BCUT2D eigenvalue weighted by atomic mass is 16.5. The van der Waals surface area contributed by atoms with Crippen molar-refractivity contribution in [3.05, 3.63) is 87.3 Å². The Bertz CT molecular complexity index is 1040. The van der Waals surface area contributed by atoms with Gasteiger partial charge in [0.2, 0.25) is 0 Å². The highest BCUT2D eigenvalue weighted by molar-refractivity contribution is 5.77. The topological polar surface area (TPSA) is 39.4 Å². The van der Waals surface area contributed by atoms with Gasteiger partial charge in [0.1, 0.15) is 17.9 Å². The fraction of sp³-hybridized carbons (Fsp3) is 0.414. The van der Waals surface area contributed by atoms with Crippen molar-refractivity contribution in [3.8, 4) is 5.75 Å². The normalized spacial score (nSPS) is 12.8. The van der Waals surface area contributed by atoms with Crippen LogP contribution in [0.15, 0.2) is 86.1 Å². The molecule has 1 aromatic heterocycles. The molecule has 2 rings (SSSR count). The lowest BCUT2D eigenvalue weighted by Gasteiger charge is -2.06. The highest BCUT2D eigenvalue weighted by Crippen LogP contribution is 2.20. The Kier molecular flexibility index (Phi) is 10.8. The summed E-state index contributed by atoms with van der Waals surface area (Å²) >= 11 is 0. The standard InChI is InChI=1S/C29H38O3/c1-22(2)9-6-10-23(3)11-7-12-24(4)13-8-14-25(5)19-20-31-27-16-17-28-26(21-27)15-18-29(30)32-28/h9,11,13,15-19,21H,6-8,10,12,14,20H2,1-5H3/b23-11+,24-13+,25-19+. The fourth-order valence-electron chi connectivity index (χ4n) is 3.41. The van der Waals surface area contributed by atoms with Gasteiger partial charge in [-0.25, -0.2) is 4.79 Å². The van der Waals surface area contributed by atoms with E-state index in [1.165, 1.54) is 28.4 Å². The van der Waals surface area contributed by atoms with Crippen LogP contribution in [0.1, 0.15) is 73.1 Å². The monoisotopic (exact) mass is 434 g/mol. The van der Waals surface area contributed by atoms with E-state index in [0.29, 0.717) is 12.2 Å². The second kappa shape index (κ2) is 13.6. The fourth-order valence-corrected chi connectivity index (χ4v) is 3.41. The predicted molar refractivity (Wildman–Crippen MR) is 136 cm³/mol. The maximum atomic E-state index is 11.3. The van der Waals surface area contributed by atoms with Crippen LogP contribution in [0.4, 0.5) is 0 Å². The van der Waals surface area contributed by atoms with E-state index >= 15 is 0 Å². The lowest BCUT2D eigenvalue weighted by atomic mass is 10.0. The molecule has 0 bridgehead atoms. The van der Waals surface area contributed by atoms with Crippen molar-refractivity contribution in [1.82, 2.24) is 0 Å². The summed E-state index contributed by atoms with van der Waals surface area (Å²) in [7, 11) is 0. The Morgan fingerprint density at radius 2 is 1.38 bits per heavy atom. The molecule has 0 fully saturated rings. The Labute approximate surface area is 193 Å². The average molecular weight is 435 g/mol. The summed E-state index contributed by atoms with van der Waals surface area (Å²) in [5.74, 6) is 0.773. The third kappa shape index (κ3) is 10.00. The zero-order valence-corrected chi connectivity index (χ0v) is 20.4. The zero-order valence-electron chi connectivity index (χ0n) is 20.4. The molecule has 32 heavy (non-hydrogen) atoms. The van der Waals surface area contributed by atoms with Crippen molar-refractivity contribution >= 4 is 11.0 Å². The summed E-state index contributed by atoms with van der Waals surface area (Å²) in [4.78, 5) is 11.3. The average Bonchev–Trinajstić information content (AvgIpc) is 2.73. The van der Waals surface area contributed by atoms with E-state index < -0.39 is 0 Å². The minimum Gasteiger partial charge on any atom is -0.490 e. The van der Waals surface area contributed by atoms with E-state index in [9.17, 15) is 4.79 Å². The molecule has 3 heteroatoms. The molecular weight excluding hydrogens is 396 g/mol. The van der Waals surface area contributed by atoms with Crippen LogP contribution in [-0.2, 0) is 0 Å². The molecule has 1 aromatic carbocycles. The second-order valence-electron chi connectivity index (χ2n) is 8.81. The van der Waals surface area contributed by atoms with Crippen molar-refractivity contribution in [3.63, 3.8) is 0 Å².